The van der Waals surface area contributed by atoms with Gasteiger partial charge in [0.2, 0.25) is 11.8 Å². The van der Waals surface area contributed by atoms with Crippen LogP contribution in [0, 0.1) is 5.92 Å². The van der Waals surface area contributed by atoms with E-state index in [0.29, 0.717) is 5.92 Å². The van der Waals surface area contributed by atoms with E-state index in [1.54, 1.807) is 0 Å². The van der Waals surface area contributed by atoms with E-state index in [1.165, 1.54) is 0 Å². The van der Waals surface area contributed by atoms with Crippen molar-refractivity contribution in [2.24, 2.45) is 5.92 Å². The number of carbonyl (C=O) groups excluding carboxylic acids is 2. The van der Waals surface area contributed by atoms with Crippen LogP contribution in [-0.2, 0) is 9.59 Å². The van der Waals surface area contributed by atoms with Gasteiger partial charge in [0, 0.05) is 6.04 Å². The summed E-state index contributed by atoms with van der Waals surface area (Å²) in [7, 11) is 0. The maximum absolute atomic E-state index is 12.9. The fourth-order valence-electron chi connectivity index (χ4n) is 3.37. The normalized spacial score (nSPS) is 37.4. The lowest BCUT2D eigenvalue weighted by Gasteiger charge is -2.47. The van der Waals surface area contributed by atoms with E-state index in [1.807, 2.05) is 30.5 Å². The minimum atomic E-state index is -0.645. The molecule has 0 bridgehead atoms. The van der Waals surface area contributed by atoms with Crippen LogP contribution in [0.15, 0.2) is 0 Å². The van der Waals surface area contributed by atoms with E-state index in [9.17, 15) is 9.59 Å². The van der Waals surface area contributed by atoms with Gasteiger partial charge in [-0.15, -0.1) is 0 Å². The molecule has 2 atom stereocenters. The summed E-state index contributed by atoms with van der Waals surface area (Å²) in [5, 5.41) is 2.99. The molecule has 2 amide bonds. The van der Waals surface area contributed by atoms with Crippen LogP contribution < -0.4 is 5.32 Å². The quantitative estimate of drug-likeness (QED) is 0.833. The Hall–Kier alpha value is -0.710. The number of nitrogens with one attached hydrogen (secondary N) is 1. The minimum Gasteiger partial charge on any atom is -0.340 e. The molecule has 5 heteroatoms. The zero-order valence-corrected chi connectivity index (χ0v) is 12.5. The molecule has 0 aromatic rings. The fraction of sp³-hybridized carbons (Fsp3) is 0.857. The largest absolute Gasteiger partial charge is 0.340 e. The van der Waals surface area contributed by atoms with Gasteiger partial charge in [-0.05, 0) is 57.0 Å². The van der Waals surface area contributed by atoms with Crippen LogP contribution in [0.1, 0.15) is 39.5 Å². The first-order valence-corrected chi connectivity index (χ1v) is 8.42. The molecule has 19 heavy (non-hydrogen) atoms. The molecule has 106 valence electrons. The highest BCUT2D eigenvalue weighted by atomic mass is 32.2. The first-order chi connectivity index (χ1) is 9.04. The maximum Gasteiger partial charge on any atom is 0.249 e. The van der Waals surface area contributed by atoms with Gasteiger partial charge in [-0.2, -0.15) is 11.8 Å². The predicted octanol–water partition coefficient (Wildman–Crippen LogP) is 1.40. The molecule has 2 aliphatic heterocycles. The number of piperazine rings is 1. The molecule has 1 N–H and O–H groups in total. The Bertz CT molecular complexity index is 404. The standard InChI is InChI=1S/C14H22N2O2S/c1-9-12(17)15-14(2,10-3-4-10)13(18)16(9)11-5-7-19-8-6-11/h9-11H,3-8H2,1-2H3,(H,15,17). The van der Waals surface area contributed by atoms with Crippen LogP contribution in [-0.4, -0.2) is 45.8 Å². The summed E-state index contributed by atoms with van der Waals surface area (Å²) in [6.07, 6.45) is 4.17. The fourth-order valence-corrected chi connectivity index (χ4v) is 4.45. The van der Waals surface area contributed by atoms with Gasteiger partial charge in [0.15, 0.2) is 0 Å². The van der Waals surface area contributed by atoms with Crippen LogP contribution in [0.25, 0.3) is 0 Å². The summed E-state index contributed by atoms with van der Waals surface area (Å²) in [5.41, 5.74) is -0.645. The van der Waals surface area contributed by atoms with E-state index in [2.05, 4.69) is 5.32 Å². The van der Waals surface area contributed by atoms with Crippen LogP contribution >= 0.6 is 11.8 Å². The molecular weight excluding hydrogens is 260 g/mol. The Kier molecular flexibility index (Phi) is 3.28. The smallest absolute Gasteiger partial charge is 0.249 e. The van der Waals surface area contributed by atoms with Crippen LogP contribution in [0.4, 0.5) is 0 Å². The zero-order valence-electron chi connectivity index (χ0n) is 11.6. The van der Waals surface area contributed by atoms with Crippen molar-refractivity contribution < 1.29 is 9.59 Å². The Morgan fingerprint density at radius 2 is 1.84 bits per heavy atom. The summed E-state index contributed by atoms with van der Waals surface area (Å²) >= 11 is 1.95. The van der Waals surface area contributed by atoms with Gasteiger partial charge < -0.3 is 10.2 Å². The summed E-state index contributed by atoms with van der Waals surface area (Å²) in [6.45, 7) is 3.78. The van der Waals surface area contributed by atoms with Gasteiger partial charge >= 0.3 is 0 Å². The van der Waals surface area contributed by atoms with Crippen molar-refractivity contribution in [1.82, 2.24) is 10.2 Å². The SMILES string of the molecule is CC1C(=O)NC(C)(C2CC2)C(=O)N1C1CCSCC1. The second kappa shape index (κ2) is 4.69. The Balaban J connectivity index is 1.86. The summed E-state index contributed by atoms with van der Waals surface area (Å²) in [5.74, 6) is 2.72. The molecule has 1 saturated carbocycles. The summed E-state index contributed by atoms with van der Waals surface area (Å²) < 4.78 is 0. The van der Waals surface area contributed by atoms with Gasteiger partial charge in [-0.25, -0.2) is 0 Å². The monoisotopic (exact) mass is 282 g/mol. The maximum atomic E-state index is 12.9. The van der Waals surface area contributed by atoms with Crippen LogP contribution in [0.5, 0.6) is 0 Å². The molecule has 1 aliphatic carbocycles. The van der Waals surface area contributed by atoms with Crippen molar-refractivity contribution in [2.45, 2.75) is 57.2 Å². The average Bonchev–Trinajstić information content (AvgIpc) is 3.23. The molecule has 0 radical (unpaired) electrons. The molecule has 4 nitrogen and oxygen atoms in total. The van der Waals surface area contributed by atoms with Crippen molar-refractivity contribution in [3.05, 3.63) is 0 Å². The molecule has 0 aromatic heterocycles. The Labute approximate surface area is 118 Å². The Morgan fingerprint density at radius 3 is 2.42 bits per heavy atom. The first kappa shape index (κ1) is 13.3. The third-order valence-corrected chi connectivity index (χ3v) is 5.89. The van der Waals surface area contributed by atoms with Gasteiger partial charge in [-0.1, -0.05) is 0 Å². The van der Waals surface area contributed by atoms with E-state index in [0.717, 1.165) is 37.2 Å². The number of carbonyl (C=O) groups is 2. The topological polar surface area (TPSA) is 49.4 Å². The van der Waals surface area contributed by atoms with Gasteiger partial charge in [0.25, 0.3) is 0 Å². The van der Waals surface area contributed by atoms with Gasteiger partial charge in [0.05, 0.1) is 0 Å². The zero-order chi connectivity index (χ0) is 13.6. The van der Waals surface area contributed by atoms with Gasteiger partial charge in [0.1, 0.15) is 11.6 Å². The van der Waals surface area contributed by atoms with E-state index >= 15 is 0 Å². The Morgan fingerprint density at radius 1 is 1.21 bits per heavy atom. The third kappa shape index (κ3) is 2.16. The van der Waals surface area contributed by atoms with Crippen molar-refractivity contribution in [3.8, 4) is 0 Å². The molecule has 2 saturated heterocycles. The number of rotatable bonds is 2. The molecule has 0 spiro atoms. The number of hydrogen-bond acceptors (Lipinski definition) is 3. The molecule has 3 fully saturated rings. The molecule has 2 unspecified atom stereocenters. The van der Waals surface area contributed by atoms with E-state index < -0.39 is 5.54 Å². The number of nitrogens with zero attached hydrogens (tertiary/aromatic N) is 1. The second-order valence-corrected chi connectivity index (χ2v) is 7.42. The molecule has 2 heterocycles. The lowest BCUT2D eigenvalue weighted by Crippen LogP contribution is -2.71. The summed E-state index contributed by atoms with van der Waals surface area (Å²) in [6, 6.07) is -0.0553. The predicted molar refractivity (Wildman–Crippen MR) is 75.9 cm³/mol. The molecular formula is C14H22N2O2S. The first-order valence-electron chi connectivity index (χ1n) is 7.26. The molecule has 3 aliphatic rings. The molecule has 0 aromatic carbocycles. The van der Waals surface area contributed by atoms with Gasteiger partial charge in [-0.3, -0.25) is 9.59 Å². The highest BCUT2D eigenvalue weighted by Gasteiger charge is 2.55. The van der Waals surface area contributed by atoms with Crippen molar-refractivity contribution in [1.29, 1.82) is 0 Å². The number of thioether (sulfide) groups is 1. The third-order valence-electron chi connectivity index (χ3n) is 4.84. The van der Waals surface area contributed by atoms with E-state index in [4.69, 9.17) is 0 Å². The van der Waals surface area contributed by atoms with E-state index in [-0.39, 0.29) is 23.9 Å². The average molecular weight is 282 g/mol. The second-order valence-electron chi connectivity index (χ2n) is 6.20. The van der Waals surface area contributed by atoms with Crippen molar-refractivity contribution in [2.75, 3.05) is 11.5 Å². The number of amides is 2. The summed E-state index contributed by atoms with van der Waals surface area (Å²) in [4.78, 5) is 27.0. The van der Waals surface area contributed by atoms with Crippen LogP contribution in [0.3, 0.4) is 0 Å². The lowest BCUT2D eigenvalue weighted by atomic mass is 9.88. The van der Waals surface area contributed by atoms with Crippen molar-refractivity contribution in [3.63, 3.8) is 0 Å². The highest BCUT2D eigenvalue weighted by molar-refractivity contribution is 7.99. The lowest BCUT2D eigenvalue weighted by molar-refractivity contribution is -0.157. The van der Waals surface area contributed by atoms with Crippen LogP contribution in [0.2, 0.25) is 0 Å². The number of hydrogen-bond donors (Lipinski definition) is 1. The van der Waals surface area contributed by atoms with Crippen molar-refractivity contribution >= 4 is 23.6 Å². The minimum absolute atomic E-state index is 0.0206. The molecule has 3 rings (SSSR count). The highest BCUT2D eigenvalue weighted by Crippen LogP contribution is 2.43.